The summed E-state index contributed by atoms with van der Waals surface area (Å²) in [6.45, 7) is 2.71. The maximum atomic E-state index is 13.9. The van der Waals surface area contributed by atoms with Crippen LogP contribution in [0.4, 0.5) is 10.1 Å². The van der Waals surface area contributed by atoms with Crippen LogP contribution in [-0.2, 0) is 10.0 Å². The highest BCUT2D eigenvalue weighted by molar-refractivity contribution is 7.89. The van der Waals surface area contributed by atoms with Gasteiger partial charge < -0.3 is 5.32 Å². The summed E-state index contributed by atoms with van der Waals surface area (Å²) < 4.78 is 41.6. The molecule has 2 aromatic carbocycles. The van der Waals surface area contributed by atoms with Crippen LogP contribution < -0.4 is 5.32 Å². The number of hydrogen-bond donors (Lipinski definition) is 1. The van der Waals surface area contributed by atoms with Crippen molar-refractivity contribution in [3.8, 4) is 0 Å². The maximum absolute atomic E-state index is 13.9. The van der Waals surface area contributed by atoms with E-state index in [-0.39, 0.29) is 21.5 Å². The van der Waals surface area contributed by atoms with Crippen molar-refractivity contribution in [2.45, 2.75) is 31.1 Å². The van der Waals surface area contributed by atoms with E-state index < -0.39 is 21.7 Å². The Kier molecular flexibility index (Phi) is 5.48. The van der Waals surface area contributed by atoms with Gasteiger partial charge in [0.15, 0.2) is 0 Å². The summed E-state index contributed by atoms with van der Waals surface area (Å²) in [5, 5.41) is 2.66. The molecular formula is C21H21FN4O3S. The molecule has 9 heteroatoms. The molecule has 1 amide bonds. The van der Waals surface area contributed by atoms with Crippen molar-refractivity contribution in [2.24, 2.45) is 0 Å². The molecule has 0 unspecified atom stereocenters. The van der Waals surface area contributed by atoms with Gasteiger partial charge in [-0.25, -0.2) is 12.8 Å². The van der Waals surface area contributed by atoms with Crippen molar-refractivity contribution >= 4 is 32.7 Å². The Morgan fingerprint density at radius 1 is 1.07 bits per heavy atom. The number of carbonyl (C=O) groups excluding carboxylic acids is 1. The number of aromatic nitrogens is 2. The molecular weight excluding hydrogens is 407 g/mol. The fourth-order valence-electron chi connectivity index (χ4n) is 3.61. The second kappa shape index (κ2) is 8.08. The quantitative estimate of drug-likeness (QED) is 0.687. The summed E-state index contributed by atoms with van der Waals surface area (Å²) in [7, 11) is -3.66. The van der Waals surface area contributed by atoms with Crippen LogP contribution in [0.25, 0.3) is 11.0 Å². The molecule has 1 aliphatic rings. The molecule has 0 aliphatic carbocycles. The molecule has 2 heterocycles. The van der Waals surface area contributed by atoms with Gasteiger partial charge in [-0.2, -0.15) is 4.31 Å². The molecule has 0 radical (unpaired) electrons. The zero-order valence-electron chi connectivity index (χ0n) is 16.4. The van der Waals surface area contributed by atoms with Crippen LogP contribution in [0.15, 0.2) is 47.6 Å². The van der Waals surface area contributed by atoms with Gasteiger partial charge in [-0.1, -0.05) is 12.5 Å². The molecule has 1 N–H and O–H groups in total. The second-order valence-electron chi connectivity index (χ2n) is 7.28. The van der Waals surface area contributed by atoms with Crippen molar-refractivity contribution in [2.75, 3.05) is 18.4 Å². The second-order valence-corrected chi connectivity index (χ2v) is 9.18. The van der Waals surface area contributed by atoms with Gasteiger partial charge in [0.2, 0.25) is 10.0 Å². The number of hydrogen-bond acceptors (Lipinski definition) is 5. The van der Waals surface area contributed by atoms with Gasteiger partial charge in [0, 0.05) is 37.2 Å². The van der Waals surface area contributed by atoms with E-state index >= 15 is 0 Å². The van der Waals surface area contributed by atoms with Crippen molar-refractivity contribution in [1.29, 1.82) is 0 Å². The minimum absolute atomic E-state index is 0.0270. The molecule has 0 atom stereocenters. The summed E-state index contributed by atoms with van der Waals surface area (Å²) >= 11 is 0. The van der Waals surface area contributed by atoms with E-state index in [0.717, 1.165) is 25.3 Å². The predicted octanol–water partition coefficient (Wildman–Crippen LogP) is 3.50. The number of anilines is 1. The third-order valence-electron chi connectivity index (χ3n) is 5.16. The maximum Gasteiger partial charge on any atom is 0.258 e. The molecule has 0 spiro atoms. The molecule has 1 aliphatic heterocycles. The molecule has 4 rings (SSSR count). The number of piperidine rings is 1. The van der Waals surface area contributed by atoms with Crippen LogP contribution >= 0.6 is 0 Å². The van der Waals surface area contributed by atoms with E-state index in [4.69, 9.17) is 0 Å². The standard InChI is InChI=1S/C21H21FN4O3S/c1-14-5-6-16(13-19(14)30(28,29)26-9-3-2-4-10-26)25-21(27)17-11-15(22)12-18-20(17)24-8-7-23-18/h5-8,11-13H,2-4,9-10H2,1H3,(H,25,27). The molecule has 156 valence electrons. The van der Waals surface area contributed by atoms with Gasteiger partial charge in [0.25, 0.3) is 5.91 Å². The molecule has 0 saturated carbocycles. The summed E-state index contributed by atoms with van der Waals surface area (Å²) in [5.41, 5.74) is 1.46. The van der Waals surface area contributed by atoms with Crippen molar-refractivity contribution in [3.63, 3.8) is 0 Å². The lowest BCUT2D eigenvalue weighted by Crippen LogP contribution is -2.36. The number of fused-ring (bicyclic) bond motifs is 1. The zero-order chi connectivity index (χ0) is 21.3. The molecule has 0 bridgehead atoms. The largest absolute Gasteiger partial charge is 0.322 e. The Balaban J connectivity index is 1.67. The van der Waals surface area contributed by atoms with Crippen LogP contribution in [0.5, 0.6) is 0 Å². The summed E-state index contributed by atoms with van der Waals surface area (Å²) in [6.07, 6.45) is 5.53. The monoisotopic (exact) mass is 428 g/mol. The minimum atomic E-state index is -3.66. The topological polar surface area (TPSA) is 92.3 Å². The number of rotatable bonds is 4. The molecule has 7 nitrogen and oxygen atoms in total. The molecule has 1 fully saturated rings. The Hall–Kier alpha value is -2.91. The van der Waals surface area contributed by atoms with Gasteiger partial charge in [-0.3, -0.25) is 14.8 Å². The molecule has 3 aromatic rings. The first kappa shape index (κ1) is 20.4. The van der Waals surface area contributed by atoms with E-state index in [9.17, 15) is 17.6 Å². The lowest BCUT2D eigenvalue weighted by molar-refractivity contribution is 0.102. The lowest BCUT2D eigenvalue weighted by Gasteiger charge is -2.26. The minimum Gasteiger partial charge on any atom is -0.322 e. The summed E-state index contributed by atoms with van der Waals surface area (Å²) in [6, 6.07) is 7.01. The van der Waals surface area contributed by atoms with Crippen molar-refractivity contribution in [1.82, 2.24) is 14.3 Å². The number of carbonyl (C=O) groups is 1. The van der Waals surface area contributed by atoms with Gasteiger partial charge in [0.1, 0.15) is 11.3 Å². The summed E-state index contributed by atoms with van der Waals surface area (Å²) in [4.78, 5) is 21.1. The van der Waals surface area contributed by atoms with E-state index in [1.54, 1.807) is 19.1 Å². The number of aryl methyl sites for hydroxylation is 1. The normalized spacial score (nSPS) is 15.3. The number of halogens is 1. The SMILES string of the molecule is Cc1ccc(NC(=O)c2cc(F)cc3nccnc23)cc1S(=O)(=O)N1CCCCC1. The van der Waals surface area contributed by atoms with Crippen LogP contribution in [0.1, 0.15) is 35.2 Å². The Morgan fingerprint density at radius 2 is 1.80 bits per heavy atom. The number of nitrogens with zero attached hydrogens (tertiary/aromatic N) is 3. The van der Waals surface area contributed by atoms with E-state index in [0.29, 0.717) is 24.3 Å². The number of amides is 1. The third-order valence-corrected chi connectivity index (χ3v) is 7.20. The molecule has 1 aromatic heterocycles. The highest BCUT2D eigenvalue weighted by Gasteiger charge is 2.27. The Labute approximate surface area is 174 Å². The Bertz CT molecular complexity index is 1220. The number of benzene rings is 2. The van der Waals surface area contributed by atoms with Gasteiger partial charge in [-0.05, 0) is 43.5 Å². The number of sulfonamides is 1. The van der Waals surface area contributed by atoms with Crippen LogP contribution in [0.2, 0.25) is 0 Å². The number of nitrogens with one attached hydrogen (secondary N) is 1. The van der Waals surface area contributed by atoms with Crippen molar-refractivity contribution in [3.05, 3.63) is 59.7 Å². The Morgan fingerprint density at radius 3 is 2.57 bits per heavy atom. The highest BCUT2D eigenvalue weighted by Crippen LogP contribution is 2.27. The van der Waals surface area contributed by atoms with E-state index in [1.807, 2.05) is 0 Å². The van der Waals surface area contributed by atoms with Crippen LogP contribution in [-0.4, -0.2) is 41.7 Å². The smallest absolute Gasteiger partial charge is 0.258 e. The van der Waals surface area contributed by atoms with Gasteiger partial charge in [-0.15, -0.1) is 0 Å². The third kappa shape index (κ3) is 3.90. The van der Waals surface area contributed by atoms with Crippen LogP contribution in [0.3, 0.4) is 0 Å². The van der Waals surface area contributed by atoms with Crippen molar-refractivity contribution < 1.29 is 17.6 Å². The van der Waals surface area contributed by atoms with Crippen LogP contribution in [0, 0.1) is 12.7 Å². The summed E-state index contributed by atoms with van der Waals surface area (Å²) in [5.74, 6) is -1.20. The molecule has 1 saturated heterocycles. The van der Waals surface area contributed by atoms with E-state index in [2.05, 4.69) is 15.3 Å². The first-order valence-corrected chi connectivity index (χ1v) is 11.1. The fraction of sp³-hybridized carbons (Fsp3) is 0.286. The zero-order valence-corrected chi connectivity index (χ0v) is 17.2. The first-order chi connectivity index (χ1) is 14.4. The predicted molar refractivity (Wildman–Crippen MR) is 111 cm³/mol. The molecule has 30 heavy (non-hydrogen) atoms. The average Bonchev–Trinajstić information content (AvgIpc) is 2.75. The first-order valence-electron chi connectivity index (χ1n) is 9.69. The van der Waals surface area contributed by atoms with E-state index in [1.165, 1.54) is 28.8 Å². The van der Waals surface area contributed by atoms with Gasteiger partial charge in [0.05, 0.1) is 16.0 Å². The van der Waals surface area contributed by atoms with Gasteiger partial charge >= 0.3 is 0 Å². The lowest BCUT2D eigenvalue weighted by atomic mass is 10.1. The fourth-order valence-corrected chi connectivity index (χ4v) is 5.38. The average molecular weight is 428 g/mol. The highest BCUT2D eigenvalue weighted by atomic mass is 32.2.